The smallest absolute Gasteiger partial charge is 0.411 e. The summed E-state index contributed by atoms with van der Waals surface area (Å²) >= 11 is 0. The molecule has 0 bridgehead atoms. The van der Waals surface area contributed by atoms with Crippen LogP contribution in [0.3, 0.4) is 0 Å². The van der Waals surface area contributed by atoms with E-state index in [9.17, 15) is 14.4 Å². The molecule has 0 aliphatic carbocycles. The van der Waals surface area contributed by atoms with E-state index in [4.69, 9.17) is 10.5 Å². The van der Waals surface area contributed by atoms with Crippen LogP contribution in [0.5, 0.6) is 0 Å². The third kappa shape index (κ3) is 6.04. The first kappa shape index (κ1) is 26.7. The molecule has 0 radical (unpaired) electrons. The number of nitrogens with two attached hydrogens (primary N) is 1. The van der Waals surface area contributed by atoms with E-state index in [1.807, 2.05) is 115 Å². The molecule has 2 atom stereocenters. The van der Waals surface area contributed by atoms with Crippen molar-refractivity contribution < 1.29 is 19.1 Å². The first-order chi connectivity index (χ1) is 19.5. The maximum absolute atomic E-state index is 13.9. The van der Waals surface area contributed by atoms with Crippen LogP contribution in [0.15, 0.2) is 115 Å². The zero-order chi connectivity index (χ0) is 27.9. The topological polar surface area (TPSA) is 102 Å². The largest absolute Gasteiger partial charge is 0.445 e. The molecular formula is C33H31N3O4. The average molecular weight is 534 g/mol. The lowest BCUT2D eigenvalue weighted by Gasteiger charge is -2.36. The molecule has 0 saturated carbocycles. The second-order valence-electron chi connectivity index (χ2n) is 9.84. The van der Waals surface area contributed by atoms with Crippen LogP contribution in [0.4, 0.5) is 4.79 Å². The fourth-order valence-electron chi connectivity index (χ4n) is 5.22. The summed E-state index contributed by atoms with van der Waals surface area (Å²) in [5.41, 5.74) is 10.3. The summed E-state index contributed by atoms with van der Waals surface area (Å²) in [7, 11) is 0. The Morgan fingerprint density at radius 2 is 1.30 bits per heavy atom. The van der Waals surface area contributed by atoms with Crippen LogP contribution in [0, 0.1) is 0 Å². The summed E-state index contributed by atoms with van der Waals surface area (Å²) in [6, 6.07) is 34.1. The number of amides is 3. The summed E-state index contributed by atoms with van der Waals surface area (Å²) in [6.45, 7) is 0.296. The third-order valence-electron chi connectivity index (χ3n) is 7.25. The van der Waals surface area contributed by atoms with Crippen molar-refractivity contribution in [3.8, 4) is 0 Å². The van der Waals surface area contributed by atoms with E-state index >= 15 is 0 Å². The summed E-state index contributed by atoms with van der Waals surface area (Å²) in [4.78, 5) is 41.5. The second kappa shape index (κ2) is 12.3. The van der Waals surface area contributed by atoms with Crippen LogP contribution < -0.4 is 11.1 Å². The van der Waals surface area contributed by atoms with Crippen molar-refractivity contribution in [2.45, 2.75) is 37.6 Å². The maximum Gasteiger partial charge on any atom is 0.411 e. The summed E-state index contributed by atoms with van der Waals surface area (Å²) in [5.74, 6) is -1.65. The molecule has 1 heterocycles. The van der Waals surface area contributed by atoms with Crippen LogP contribution in [-0.2, 0) is 33.9 Å². The molecule has 3 N–H and O–H groups in total. The molecule has 1 aliphatic rings. The highest BCUT2D eigenvalue weighted by atomic mass is 16.6. The van der Waals surface area contributed by atoms with Gasteiger partial charge in [0.25, 0.3) is 0 Å². The predicted molar refractivity (Wildman–Crippen MR) is 152 cm³/mol. The van der Waals surface area contributed by atoms with Crippen molar-refractivity contribution in [3.05, 3.63) is 143 Å². The van der Waals surface area contributed by atoms with Crippen molar-refractivity contribution in [2.75, 3.05) is 0 Å². The van der Waals surface area contributed by atoms with Crippen LogP contribution >= 0.6 is 0 Å². The Bertz CT molecular complexity index is 1420. The van der Waals surface area contributed by atoms with E-state index in [2.05, 4.69) is 5.32 Å². The number of nitrogens with one attached hydrogen (secondary N) is 1. The number of hydrogen-bond donors (Lipinski definition) is 2. The molecule has 0 unspecified atom stereocenters. The van der Waals surface area contributed by atoms with Crippen molar-refractivity contribution in [1.29, 1.82) is 0 Å². The summed E-state index contributed by atoms with van der Waals surface area (Å²) in [6.07, 6.45) is -0.313. The molecule has 202 valence electrons. The molecule has 5 rings (SSSR count). The lowest BCUT2D eigenvalue weighted by Crippen LogP contribution is -2.57. The Morgan fingerprint density at radius 1 is 0.775 bits per heavy atom. The van der Waals surface area contributed by atoms with E-state index in [1.165, 1.54) is 4.90 Å². The van der Waals surface area contributed by atoms with E-state index < -0.39 is 35.9 Å². The van der Waals surface area contributed by atoms with Gasteiger partial charge in [0.05, 0.1) is 6.54 Å². The predicted octanol–water partition coefficient (Wildman–Crippen LogP) is 4.55. The molecule has 40 heavy (non-hydrogen) atoms. The SMILES string of the molecule is NC(=O)[C@@H](NC(=O)[C@@H]1Cc2ccccc2CN1C(=O)OCc1ccccc1)C(c1ccccc1)c1ccccc1. The number of primary amides is 1. The van der Waals surface area contributed by atoms with Gasteiger partial charge < -0.3 is 15.8 Å². The van der Waals surface area contributed by atoms with Crippen LogP contribution in [0.1, 0.15) is 33.7 Å². The van der Waals surface area contributed by atoms with Gasteiger partial charge in [0.15, 0.2) is 0 Å². The van der Waals surface area contributed by atoms with Crippen molar-refractivity contribution in [1.82, 2.24) is 10.2 Å². The van der Waals surface area contributed by atoms with Crippen LogP contribution in [0.25, 0.3) is 0 Å². The fourth-order valence-corrected chi connectivity index (χ4v) is 5.22. The van der Waals surface area contributed by atoms with E-state index in [0.717, 1.165) is 27.8 Å². The molecule has 4 aromatic rings. The number of fused-ring (bicyclic) bond motifs is 1. The normalized spacial score (nSPS) is 15.1. The Balaban J connectivity index is 1.43. The number of carbonyl (C=O) groups excluding carboxylic acids is 3. The number of carbonyl (C=O) groups is 3. The van der Waals surface area contributed by atoms with E-state index in [1.54, 1.807) is 0 Å². The van der Waals surface area contributed by atoms with Gasteiger partial charge in [0.1, 0.15) is 18.7 Å². The number of nitrogens with zero attached hydrogens (tertiary/aromatic N) is 1. The van der Waals surface area contributed by atoms with Gasteiger partial charge >= 0.3 is 6.09 Å². The quantitative estimate of drug-likeness (QED) is 0.347. The van der Waals surface area contributed by atoms with Crippen molar-refractivity contribution in [3.63, 3.8) is 0 Å². The molecule has 1 aliphatic heterocycles. The third-order valence-corrected chi connectivity index (χ3v) is 7.25. The minimum absolute atomic E-state index is 0.0835. The lowest BCUT2D eigenvalue weighted by molar-refractivity contribution is -0.131. The number of benzene rings is 4. The molecule has 7 nitrogen and oxygen atoms in total. The first-order valence-corrected chi connectivity index (χ1v) is 13.2. The highest BCUT2D eigenvalue weighted by Crippen LogP contribution is 2.29. The minimum atomic E-state index is -1.04. The minimum Gasteiger partial charge on any atom is -0.445 e. The molecule has 3 amide bonds. The number of hydrogen-bond acceptors (Lipinski definition) is 4. The highest BCUT2D eigenvalue weighted by Gasteiger charge is 2.39. The van der Waals surface area contributed by atoms with Crippen LogP contribution in [-0.4, -0.2) is 34.9 Å². The van der Waals surface area contributed by atoms with Gasteiger partial charge in [-0.3, -0.25) is 14.5 Å². The molecule has 0 spiro atoms. The highest BCUT2D eigenvalue weighted by molar-refractivity contribution is 5.92. The number of ether oxygens (including phenoxy) is 1. The van der Waals surface area contributed by atoms with Crippen molar-refractivity contribution in [2.24, 2.45) is 5.73 Å². The van der Waals surface area contributed by atoms with Crippen molar-refractivity contribution >= 4 is 17.9 Å². The Kier molecular flexibility index (Phi) is 8.21. The summed E-state index contributed by atoms with van der Waals surface area (Å²) in [5, 5.41) is 2.91. The molecule has 7 heteroatoms. The van der Waals surface area contributed by atoms with Gasteiger partial charge in [-0.1, -0.05) is 115 Å². The second-order valence-corrected chi connectivity index (χ2v) is 9.84. The Labute approximate surface area is 233 Å². The number of rotatable bonds is 8. The van der Waals surface area contributed by atoms with E-state index in [0.29, 0.717) is 0 Å². The van der Waals surface area contributed by atoms with Crippen LogP contribution in [0.2, 0.25) is 0 Å². The Hall–Kier alpha value is -4.91. The van der Waals surface area contributed by atoms with Gasteiger partial charge in [-0.2, -0.15) is 0 Å². The van der Waals surface area contributed by atoms with Gasteiger partial charge in [-0.05, 0) is 27.8 Å². The van der Waals surface area contributed by atoms with E-state index in [-0.39, 0.29) is 19.6 Å². The van der Waals surface area contributed by atoms with Gasteiger partial charge in [-0.25, -0.2) is 4.79 Å². The molecule has 0 aromatic heterocycles. The lowest BCUT2D eigenvalue weighted by atomic mass is 9.84. The molecular weight excluding hydrogens is 502 g/mol. The molecule has 4 aromatic carbocycles. The molecule has 0 fully saturated rings. The van der Waals surface area contributed by atoms with Gasteiger partial charge in [0, 0.05) is 12.3 Å². The average Bonchev–Trinajstić information content (AvgIpc) is 3.00. The fraction of sp³-hybridized carbons (Fsp3) is 0.182. The van der Waals surface area contributed by atoms with Gasteiger partial charge in [-0.15, -0.1) is 0 Å². The zero-order valence-corrected chi connectivity index (χ0v) is 22.0. The molecule has 0 saturated heterocycles. The maximum atomic E-state index is 13.9. The Morgan fingerprint density at radius 3 is 1.88 bits per heavy atom. The standard InChI is InChI=1S/C33H31N3O4/c34-31(37)30(29(24-14-6-2-7-15-24)25-16-8-3-9-17-25)35-32(38)28-20-26-18-10-11-19-27(26)21-36(28)33(39)40-22-23-12-4-1-5-13-23/h1-19,28-30H,20-22H2,(H2,34,37)(H,35,38)/t28-,30-/m0/s1. The summed E-state index contributed by atoms with van der Waals surface area (Å²) < 4.78 is 5.62. The monoisotopic (exact) mass is 533 g/mol. The van der Waals surface area contributed by atoms with Gasteiger partial charge in [0.2, 0.25) is 11.8 Å². The zero-order valence-electron chi connectivity index (χ0n) is 22.0. The first-order valence-electron chi connectivity index (χ1n) is 13.2.